The average Bonchev–Trinajstić information content (AvgIpc) is 3.22. The Balaban J connectivity index is 1.37. The van der Waals surface area contributed by atoms with Gasteiger partial charge in [-0.15, -0.1) is 5.10 Å². The van der Waals surface area contributed by atoms with E-state index in [4.69, 9.17) is 0 Å². The normalized spacial score (nSPS) is 15.4. The largest absolute Gasteiger partial charge is 0.338 e. The molecule has 24 heavy (non-hydrogen) atoms. The Morgan fingerprint density at radius 1 is 1.33 bits per heavy atom. The van der Waals surface area contributed by atoms with Crippen molar-refractivity contribution in [3.8, 4) is 0 Å². The Bertz CT molecular complexity index is 657. The van der Waals surface area contributed by atoms with Crippen LogP contribution in [-0.4, -0.2) is 37.1 Å². The van der Waals surface area contributed by atoms with Gasteiger partial charge in [0.15, 0.2) is 0 Å². The first-order chi connectivity index (χ1) is 11.7. The fraction of sp³-hybridized carbons (Fsp3) is 0.625. The molecule has 3 rings (SSSR count). The number of nitrogens with one attached hydrogen (secondary N) is 2. The number of carbonyl (C=O) groups is 1. The zero-order valence-electron chi connectivity index (χ0n) is 14.1. The van der Waals surface area contributed by atoms with Crippen molar-refractivity contribution in [2.24, 2.45) is 7.05 Å². The Kier molecular flexibility index (Phi) is 5.45. The summed E-state index contributed by atoms with van der Waals surface area (Å²) in [6.07, 6.45) is 13.4. The molecule has 0 unspecified atom stereocenters. The molecule has 1 aliphatic carbocycles. The number of amides is 2. The van der Waals surface area contributed by atoms with Crippen molar-refractivity contribution < 1.29 is 4.79 Å². The summed E-state index contributed by atoms with van der Waals surface area (Å²) in [6.45, 7) is 0.601. The maximum atomic E-state index is 11.9. The molecule has 0 spiro atoms. The molecule has 1 fully saturated rings. The maximum absolute atomic E-state index is 11.9. The van der Waals surface area contributed by atoms with Crippen molar-refractivity contribution in [1.82, 2.24) is 29.9 Å². The van der Waals surface area contributed by atoms with Gasteiger partial charge < -0.3 is 5.32 Å². The molecule has 0 aliphatic heterocycles. The van der Waals surface area contributed by atoms with E-state index in [1.807, 2.05) is 24.1 Å². The first kappa shape index (κ1) is 16.5. The minimum Gasteiger partial charge on any atom is -0.338 e. The fourth-order valence-electron chi connectivity index (χ4n) is 3.09. The van der Waals surface area contributed by atoms with Gasteiger partial charge in [0.25, 0.3) is 0 Å². The highest BCUT2D eigenvalue weighted by Gasteiger charge is 2.17. The van der Waals surface area contributed by atoms with Gasteiger partial charge in [0, 0.05) is 19.8 Å². The smallest absolute Gasteiger partial charge is 0.321 e. The first-order valence-electron chi connectivity index (χ1n) is 8.64. The van der Waals surface area contributed by atoms with Crippen LogP contribution in [0, 0.1) is 0 Å². The predicted molar refractivity (Wildman–Crippen MR) is 90.7 cm³/mol. The zero-order valence-corrected chi connectivity index (χ0v) is 14.1. The second-order valence-corrected chi connectivity index (χ2v) is 6.35. The van der Waals surface area contributed by atoms with Crippen LogP contribution in [0.1, 0.15) is 50.1 Å². The van der Waals surface area contributed by atoms with Crippen LogP contribution in [0.2, 0.25) is 0 Å². The molecule has 1 aliphatic rings. The van der Waals surface area contributed by atoms with Gasteiger partial charge >= 0.3 is 6.03 Å². The van der Waals surface area contributed by atoms with Gasteiger partial charge in [0.05, 0.1) is 12.2 Å². The van der Waals surface area contributed by atoms with Gasteiger partial charge in [-0.1, -0.05) is 19.3 Å². The van der Waals surface area contributed by atoms with Crippen LogP contribution in [0.5, 0.6) is 0 Å². The lowest BCUT2D eigenvalue weighted by Crippen LogP contribution is -2.30. The molecule has 0 radical (unpaired) electrons. The highest BCUT2D eigenvalue weighted by molar-refractivity contribution is 5.87. The van der Waals surface area contributed by atoms with E-state index in [9.17, 15) is 4.79 Å². The quantitative estimate of drug-likeness (QED) is 0.795. The highest BCUT2D eigenvalue weighted by atomic mass is 16.2. The molecule has 2 heterocycles. The molecular formula is C16H25N7O. The molecule has 2 aromatic heterocycles. The van der Waals surface area contributed by atoms with Crippen molar-refractivity contribution in [3.63, 3.8) is 0 Å². The summed E-state index contributed by atoms with van der Waals surface area (Å²) in [5.74, 6) is 0.366. The van der Waals surface area contributed by atoms with Gasteiger partial charge in [-0.05, 0) is 31.2 Å². The topological polar surface area (TPSA) is 89.7 Å². The Morgan fingerprint density at radius 3 is 2.92 bits per heavy atom. The fourth-order valence-corrected chi connectivity index (χ4v) is 3.09. The number of aromatic nitrogens is 5. The van der Waals surface area contributed by atoms with E-state index < -0.39 is 0 Å². The number of hydrogen-bond donors (Lipinski definition) is 2. The van der Waals surface area contributed by atoms with Gasteiger partial charge in [-0.25, -0.2) is 14.5 Å². The molecule has 0 saturated heterocycles. The van der Waals surface area contributed by atoms with Crippen LogP contribution >= 0.6 is 0 Å². The van der Waals surface area contributed by atoms with Gasteiger partial charge in [0.1, 0.15) is 6.33 Å². The van der Waals surface area contributed by atoms with E-state index in [1.165, 1.54) is 24.8 Å². The third kappa shape index (κ3) is 4.56. The Hall–Kier alpha value is -2.38. The summed E-state index contributed by atoms with van der Waals surface area (Å²) in [7, 11) is 1.90. The molecular weight excluding hydrogens is 306 g/mol. The monoisotopic (exact) mass is 331 g/mol. The molecule has 8 nitrogen and oxygen atoms in total. The van der Waals surface area contributed by atoms with Crippen LogP contribution in [-0.2, 0) is 13.5 Å². The predicted octanol–water partition coefficient (Wildman–Crippen LogP) is 2.27. The second-order valence-electron chi connectivity index (χ2n) is 6.35. The van der Waals surface area contributed by atoms with Crippen LogP contribution in [0.4, 0.5) is 10.7 Å². The summed E-state index contributed by atoms with van der Waals surface area (Å²) < 4.78 is 3.67. The van der Waals surface area contributed by atoms with Crippen LogP contribution < -0.4 is 10.6 Å². The van der Waals surface area contributed by atoms with Crippen LogP contribution in [0.15, 0.2) is 18.7 Å². The highest BCUT2D eigenvalue weighted by Crippen LogP contribution is 2.27. The summed E-state index contributed by atoms with van der Waals surface area (Å²) in [6, 6.07) is 0.159. The number of nitrogens with zero attached hydrogens (tertiary/aromatic N) is 5. The lowest BCUT2D eigenvalue weighted by molar-refractivity contribution is 0.251. The van der Waals surface area contributed by atoms with E-state index in [1.54, 1.807) is 11.0 Å². The van der Waals surface area contributed by atoms with E-state index in [0.717, 1.165) is 25.7 Å². The lowest BCUT2D eigenvalue weighted by Gasteiger charge is -2.21. The molecule has 2 aromatic rings. The van der Waals surface area contributed by atoms with Crippen LogP contribution in [0.3, 0.4) is 0 Å². The standard InChI is InChI=1S/C16H25N7O/c1-22-11-13(10-19-22)6-5-9-17-16(24)20-15-18-12-23(21-15)14-7-3-2-4-8-14/h10-12,14H,2-9H2,1H3,(H2,17,20,21,24). The van der Waals surface area contributed by atoms with Gasteiger partial charge in [-0.3, -0.25) is 10.00 Å². The summed E-state index contributed by atoms with van der Waals surface area (Å²) >= 11 is 0. The van der Waals surface area contributed by atoms with Crippen molar-refractivity contribution in [2.75, 3.05) is 11.9 Å². The van der Waals surface area contributed by atoms with E-state index in [2.05, 4.69) is 25.8 Å². The summed E-state index contributed by atoms with van der Waals surface area (Å²) in [5.41, 5.74) is 1.17. The molecule has 0 atom stereocenters. The zero-order chi connectivity index (χ0) is 16.8. The summed E-state index contributed by atoms with van der Waals surface area (Å²) in [4.78, 5) is 16.1. The molecule has 130 valence electrons. The van der Waals surface area contributed by atoms with E-state index in [0.29, 0.717) is 18.5 Å². The number of hydrogen-bond acceptors (Lipinski definition) is 4. The number of aryl methyl sites for hydroxylation is 2. The summed E-state index contributed by atoms with van der Waals surface area (Å²) in [5, 5.41) is 14.0. The number of anilines is 1. The van der Waals surface area contributed by atoms with Crippen molar-refractivity contribution in [1.29, 1.82) is 0 Å². The average molecular weight is 331 g/mol. The Morgan fingerprint density at radius 2 is 2.17 bits per heavy atom. The van der Waals surface area contributed by atoms with Crippen molar-refractivity contribution in [3.05, 3.63) is 24.3 Å². The number of urea groups is 1. The lowest BCUT2D eigenvalue weighted by atomic mass is 9.96. The third-order valence-electron chi connectivity index (χ3n) is 4.37. The van der Waals surface area contributed by atoms with Crippen molar-refractivity contribution >= 4 is 12.0 Å². The SMILES string of the molecule is Cn1cc(CCCNC(=O)Nc2ncn(C3CCCCC3)n2)cn1. The van der Waals surface area contributed by atoms with Gasteiger partial charge in [-0.2, -0.15) is 5.10 Å². The second kappa shape index (κ2) is 7.94. The minimum absolute atomic E-state index is 0.261. The molecule has 1 saturated carbocycles. The molecule has 0 aromatic carbocycles. The minimum atomic E-state index is -0.261. The van der Waals surface area contributed by atoms with Crippen molar-refractivity contribution in [2.45, 2.75) is 51.0 Å². The van der Waals surface area contributed by atoms with E-state index in [-0.39, 0.29) is 6.03 Å². The number of rotatable bonds is 6. The molecule has 2 amide bonds. The van der Waals surface area contributed by atoms with E-state index >= 15 is 0 Å². The first-order valence-corrected chi connectivity index (χ1v) is 8.64. The Labute approximate surface area is 141 Å². The van der Waals surface area contributed by atoms with Gasteiger partial charge in [0.2, 0.25) is 5.95 Å². The number of carbonyl (C=O) groups excluding carboxylic acids is 1. The van der Waals surface area contributed by atoms with Crippen LogP contribution in [0.25, 0.3) is 0 Å². The maximum Gasteiger partial charge on any atom is 0.321 e. The molecule has 0 bridgehead atoms. The molecule has 2 N–H and O–H groups in total. The molecule has 8 heteroatoms. The third-order valence-corrected chi connectivity index (χ3v) is 4.37.